The summed E-state index contributed by atoms with van der Waals surface area (Å²) in [4.78, 5) is 23.8. The number of benzene rings is 1. The summed E-state index contributed by atoms with van der Waals surface area (Å²) in [6.07, 6.45) is 2.25. The normalized spacial score (nSPS) is 17.0. The highest BCUT2D eigenvalue weighted by molar-refractivity contribution is 7.90. The van der Waals surface area contributed by atoms with Crippen LogP contribution in [0.4, 0.5) is 11.6 Å². The molecule has 11 heteroatoms. The number of nitrogens with two attached hydrogens (primary N) is 1. The average Bonchev–Trinajstić information content (AvgIpc) is 3.14. The number of pyridine rings is 2. The van der Waals surface area contributed by atoms with Crippen LogP contribution < -0.4 is 20.1 Å². The van der Waals surface area contributed by atoms with Crippen LogP contribution >= 0.6 is 0 Å². The van der Waals surface area contributed by atoms with Crippen LogP contribution in [0.3, 0.4) is 0 Å². The Morgan fingerprint density at radius 2 is 2.03 bits per heavy atom. The van der Waals surface area contributed by atoms with Crippen molar-refractivity contribution in [2.24, 2.45) is 5.92 Å². The molecule has 3 heterocycles. The van der Waals surface area contributed by atoms with Crippen LogP contribution in [0.15, 0.2) is 53.6 Å². The minimum Gasteiger partial charge on any atom is -0.497 e. The highest BCUT2D eigenvalue weighted by Gasteiger charge is 2.41. The first kappa shape index (κ1) is 26.4. The number of aliphatic hydroxyl groups is 1. The number of anilines is 2. The Morgan fingerprint density at radius 3 is 2.65 bits per heavy atom. The van der Waals surface area contributed by atoms with Crippen molar-refractivity contribution in [2.75, 3.05) is 24.3 Å². The van der Waals surface area contributed by atoms with E-state index in [1.54, 1.807) is 37.4 Å². The maximum atomic E-state index is 13.4. The van der Waals surface area contributed by atoms with Crippen molar-refractivity contribution in [3.63, 3.8) is 0 Å². The number of aliphatic hydroxyl groups excluding tert-OH is 1. The summed E-state index contributed by atoms with van der Waals surface area (Å²) in [6.45, 7) is 6.68. The number of sulfonamides is 1. The van der Waals surface area contributed by atoms with Crippen molar-refractivity contribution in [3.05, 3.63) is 59.8 Å². The molecule has 1 aliphatic rings. The molecule has 0 aliphatic carbocycles. The van der Waals surface area contributed by atoms with E-state index in [2.05, 4.69) is 30.5 Å². The van der Waals surface area contributed by atoms with Gasteiger partial charge >= 0.3 is 0 Å². The number of nitrogen functional groups attached to an aromatic ring is 1. The molecule has 1 saturated heterocycles. The van der Waals surface area contributed by atoms with E-state index in [1.807, 2.05) is 4.90 Å². The SMILES string of the molecule is COc1ccc(-c2ccc(C(=O)NS(=O)(=O)c3cccnc3N)c(N3CCC(C)C3(C)C)n2)c(CO)c1. The molecule has 3 aromatic rings. The number of hydrogen-bond acceptors (Lipinski definition) is 9. The Morgan fingerprint density at radius 1 is 1.27 bits per heavy atom. The third kappa shape index (κ3) is 4.96. The number of rotatable bonds is 7. The third-order valence-electron chi connectivity index (χ3n) is 7.14. The molecule has 37 heavy (non-hydrogen) atoms. The molecular formula is C26H31N5O5S. The van der Waals surface area contributed by atoms with Gasteiger partial charge in [-0.15, -0.1) is 0 Å². The number of carbonyl (C=O) groups is 1. The van der Waals surface area contributed by atoms with Crippen LogP contribution in [0.2, 0.25) is 0 Å². The number of nitrogens with one attached hydrogen (secondary N) is 1. The topological polar surface area (TPSA) is 148 Å². The minimum atomic E-state index is -4.28. The van der Waals surface area contributed by atoms with Crippen molar-refractivity contribution in [1.82, 2.24) is 14.7 Å². The van der Waals surface area contributed by atoms with E-state index in [0.717, 1.165) is 6.42 Å². The zero-order valence-corrected chi connectivity index (χ0v) is 22.0. The molecule has 1 atom stereocenters. The Hall–Kier alpha value is -3.70. The van der Waals surface area contributed by atoms with Gasteiger partial charge in [-0.3, -0.25) is 4.79 Å². The molecular weight excluding hydrogens is 494 g/mol. The summed E-state index contributed by atoms with van der Waals surface area (Å²) in [5.41, 5.74) is 7.33. The van der Waals surface area contributed by atoms with Crippen LogP contribution in [0, 0.1) is 5.92 Å². The summed E-state index contributed by atoms with van der Waals surface area (Å²) >= 11 is 0. The number of methoxy groups -OCH3 is 1. The number of hydrogen-bond donors (Lipinski definition) is 3. The lowest BCUT2D eigenvalue weighted by Gasteiger charge is -2.36. The highest BCUT2D eigenvalue weighted by atomic mass is 32.2. The largest absolute Gasteiger partial charge is 0.497 e. The first-order valence-corrected chi connectivity index (χ1v) is 13.3. The second-order valence-electron chi connectivity index (χ2n) is 9.57. The average molecular weight is 526 g/mol. The molecule has 10 nitrogen and oxygen atoms in total. The van der Waals surface area contributed by atoms with Gasteiger partial charge in [0.15, 0.2) is 0 Å². The minimum absolute atomic E-state index is 0.107. The Kier molecular flexibility index (Phi) is 7.11. The van der Waals surface area contributed by atoms with E-state index in [4.69, 9.17) is 15.5 Å². The first-order valence-electron chi connectivity index (χ1n) is 11.8. The summed E-state index contributed by atoms with van der Waals surface area (Å²) in [5, 5.41) is 9.96. The van der Waals surface area contributed by atoms with Gasteiger partial charge in [-0.25, -0.2) is 23.1 Å². The van der Waals surface area contributed by atoms with Crippen molar-refractivity contribution in [2.45, 2.75) is 44.2 Å². The maximum Gasteiger partial charge on any atom is 0.268 e. The molecule has 0 spiro atoms. The molecule has 1 unspecified atom stereocenters. The van der Waals surface area contributed by atoms with Gasteiger partial charge in [0, 0.05) is 23.8 Å². The number of amides is 1. The van der Waals surface area contributed by atoms with E-state index in [0.29, 0.717) is 40.9 Å². The fourth-order valence-electron chi connectivity index (χ4n) is 4.53. The van der Waals surface area contributed by atoms with Gasteiger partial charge in [0.05, 0.1) is 25.0 Å². The van der Waals surface area contributed by atoms with Crippen LogP contribution in [0.25, 0.3) is 11.3 Å². The number of aromatic nitrogens is 2. The van der Waals surface area contributed by atoms with Gasteiger partial charge in [0.1, 0.15) is 22.3 Å². The monoisotopic (exact) mass is 525 g/mol. The quantitative estimate of drug-likeness (QED) is 0.423. The van der Waals surface area contributed by atoms with Crippen LogP contribution in [0.5, 0.6) is 5.75 Å². The summed E-state index contributed by atoms with van der Waals surface area (Å²) in [7, 11) is -2.73. The van der Waals surface area contributed by atoms with Gasteiger partial charge in [0.2, 0.25) is 0 Å². The highest BCUT2D eigenvalue weighted by Crippen LogP contribution is 2.40. The Labute approximate surface area is 216 Å². The summed E-state index contributed by atoms with van der Waals surface area (Å²) in [5.74, 6) is 0.227. The molecule has 1 fully saturated rings. The second kappa shape index (κ2) is 9.98. The third-order valence-corrected chi connectivity index (χ3v) is 8.52. The number of nitrogens with zero attached hydrogens (tertiary/aromatic N) is 3. The number of carbonyl (C=O) groups excluding carboxylic acids is 1. The standard InChI is InChI=1S/C26H31N5O5S/c1-16-11-13-31(26(16,2)3)24-20(25(33)30-37(34,35)22-6-5-12-28-23(22)27)9-10-21(29-24)19-8-7-18(36-4)14-17(19)15-32/h5-10,12,14,16,32H,11,13,15H2,1-4H3,(H2,27,28)(H,30,33). The summed E-state index contributed by atoms with van der Waals surface area (Å²) < 4.78 is 33.3. The van der Waals surface area contributed by atoms with Crippen molar-refractivity contribution in [3.8, 4) is 17.0 Å². The van der Waals surface area contributed by atoms with E-state index in [-0.39, 0.29) is 28.4 Å². The molecule has 4 rings (SSSR count). The molecule has 4 N–H and O–H groups in total. The van der Waals surface area contributed by atoms with Gasteiger partial charge in [-0.2, -0.15) is 0 Å². The van der Waals surface area contributed by atoms with Crippen LogP contribution in [-0.4, -0.2) is 48.6 Å². The Balaban J connectivity index is 1.81. The predicted molar refractivity (Wildman–Crippen MR) is 141 cm³/mol. The predicted octanol–water partition coefficient (Wildman–Crippen LogP) is 2.97. The molecule has 0 bridgehead atoms. The van der Waals surface area contributed by atoms with Crippen molar-refractivity contribution < 1.29 is 23.1 Å². The zero-order valence-electron chi connectivity index (χ0n) is 21.2. The lowest BCUT2D eigenvalue weighted by atomic mass is 9.90. The van der Waals surface area contributed by atoms with Gasteiger partial charge in [0.25, 0.3) is 15.9 Å². The molecule has 196 valence electrons. The van der Waals surface area contributed by atoms with E-state index in [1.165, 1.54) is 18.3 Å². The Bertz CT molecular complexity index is 1440. The van der Waals surface area contributed by atoms with Gasteiger partial charge in [-0.05, 0) is 74.2 Å². The van der Waals surface area contributed by atoms with Crippen LogP contribution in [0.1, 0.15) is 43.1 Å². The van der Waals surface area contributed by atoms with E-state index in [9.17, 15) is 18.3 Å². The molecule has 1 amide bonds. The van der Waals surface area contributed by atoms with E-state index >= 15 is 0 Å². The number of ether oxygens (including phenoxy) is 1. The second-order valence-corrected chi connectivity index (χ2v) is 11.2. The van der Waals surface area contributed by atoms with E-state index < -0.39 is 15.9 Å². The molecule has 1 aromatic carbocycles. The fourth-order valence-corrected chi connectivity index (χ4v) is 5.58. The van der Waals surface area contributed by atoms with Gasteiger partial charge in [-0.1, -0.05) is 6.92 Å². The fraction of sp³-hybridized carbons (Fsp3) is 0.346. The maximum absolute atomic E-state index is 13.4. The van der Waals surface area contributed by atoms with Crippen LogP contribution in [-0.2, 0) is 16.6 Å². The first-order chi connectivity index (χ1) is 17.5. The lowest BCUT2D eigenvalue weighted by molar-refractivity contribution is 0.0981. The lowest BCUT2D eigenvalue weighted by Crippen LogP contribution is -2.43. The van der Waals surface area contributed by atoms with Crippen molar-refractivity contribution >= 4 is 27.6 Å². The molecule has 0 radical (unpaired) electrons. The molecule has 1 aliphatic heterocycles. The van der Waals surface area contributed by atoms with Crippen molar-refractivity contribution in [1.29, 1.82) is 0 Å². The zero-order chi connectivity index (χ0) is 27.0. The summed E-state index contributed by atoms with van der Waals surface area (Å²) in [6, 6.07) is 11.2. The molecule has 2 aromatic heterocycles. The smallest absolute Gasteiger partial charge is 0.268 e. The van der Waals surface area contributed by atoms with Gasteiger partial charge < -0.3 is 20.5 Å². The molecule has 0 saturated carbocycles.